The van der Waals surface area contributed by atoms with Crippen LogP contribution >= 0.6 is 0 Å². The molecule has 31 heavy (non-hydrogen) atoms. The number of benzene rings is 2. The van der Waals surface area contributed by atoms with Crippen LogP contribution in [0.4, 0.5) is 0 Å². The normalized spacial score (nSPS) is 11.6. The lowest BCUT2D eigenvalue weighted by molar-refractivity contribution is 0.0735. The summed E-state index contributed by atoms with van der Waals surface area (Å²) in [5.74, 6) is -1.51. The molecule has 0 aliphatic carbocycles. The molecule has 3 N–H and O–H groups in total. The van der Waals surface area contributed by atoms with Crippen molar-refractivity contribution in [2.24, 2.45) is 5.73 Å². The summed E-state index contributed by atoms with van der Waals surface area (Å²) in [5, 5.41) is 0.212. The summed E-state index contributed by atoms with van der Waals surface area (Å²) in [6.45, 7) is 4.02. The van der Waals surface area contributed by atoms with E-state index < -0.39 is 27.5 Å². The van der Waals surface area contributed by atoms with Crippen molar-refractivity contribution >= 4 is 32.8 Å². The van der Waals surface area contributed by atoms with Crippen LogP contribution in [0.1, 0.15) is 34.6 Å². The molecule has 0 aliphatic heterocycles. The van der Waals surface area contributed by atoms with Crippen LogP contribution in [0.3, 0.4) is 0 Å². The standard InChI is InChI=1S/C21H21N3O6S/c1-3-24(4-2)31(28,29)15-8-9-18-16(11-15)17(12-19(25)23-18)21(27)30-14-7-5-6-13(10-14)20(22)26/h5-12H,3-4H2,1-2H3,(H2,22,26)(H,23,25). The van der Waals surface area contributed by atoms with Gasteiger partial charge < -0.3 is 15.5 Å². The number of fused-ring (bicyclic) bond motifs is 1. The number of aromatic nitrogens is 1. The molecular formula is C21H21N3O6S. The zero-order valence-corrected chi connectivity index (χ0v) is 17.7. The summed E-state index contributed by atoms with van der Waals surface area (Å²) >= 11 is 0. The van der Waals surface area contributed by atoms with Crippen molar-refractivity contribution in [3.63, 3.8) is 0 Å². The first-order valence-corrected chi connectivity index (χ1v) is 10.9. The Bertz CT molecular complexity index is 1330. The zero-order valence-electron chi connectivity index (χ0n) is 16.9. The summed E-state index contributed by atoms with van der Waals surface area (Å²) < 4.78 is 32.3. The van der Waals surface area contributed by atoms with Crippen molar-refractivity contribution in [1.29, 1.82) is 0 Å². The largest absolute Gasteiger partial charge is 0.423 e. The molecule has 1 amide bonds. The van der Waals surface area contributed by atoms with Crippen LogP contribution in [0.5, 0.6) is 5.75 Å². The van der Waals surface area contributed by atoms with Gasteiger partial charge in [0.25, 0.3) is 0 Å². The molecule has 0 saturated carbocycles. The van der Waals surface area contributed by atoms with Gasteiger partial charge in [-0.15, -0.1) is 0 Å². The number of esters is 1. The third kappa shape index (κ3) is 4.49. The highest BCUT2D eigenvalue weighted by Gasteiger charge is 2.23. The van der Waals surface area contributed by atoms with Gasteiger partial charge in [0.05, 0.1) is 10.5 Å². The lowest BCUT2D eigenvalue weighted by atomic mass is 10.1. The van der Waals surface area contributed by atoms with Gasteiger partial charge in [-0.1, -0.05) is 19.9 Å². The molecule has 0 radical (unpaired) electrons. The first kappa shape index (κ1) is 22.2. The number of rotatable bonds is 7. The highest BCUT2D eigenvalue weighted by Crippen LogP contribution is 2.24. The van der Waals surface area contributed by atoms with E-state index in [1.54, 1.807) is 13.8 Å². The van der Waals surface area contributed by atoms with E-state index in [1.165, 1.54) is 46.8 Å². The molecule has 3 aromatic rings. The number of ether oxygens (including phenoxy) is 1. The fraction of sp³-hybridized carbons (Fsp3) is 0.190. The van der Waals surface area contributed by atoms with Gasteiger partial charge in [0, 0.05) is 35.6 Å². The van der Waals surface area contributed by atoms with Gasteiger partial charge in [0.1, 0.15) is 5.75 Å². The minimum Gasteiger partial charge on any atom is -0.423 e. The number of hydrogen-bond acceptors (Lipinski definition) is 6. The van der Waals surface area contributed by atoms with E-state index >= 15 is 0 Å². The smallest absolute Gasteiger partial charge is 0.344 e. The Labute approximate surface area is 178 Å². The van der Waals surface area contributed by atoms with Crippen LogP contribution in [-0.2, 0) is 10.0 Å². The number of nitrogens with two attached hydrogens (primary N) is 1. The van der Waals surface area contributed by atoms with E-state index in [4.69, 9.17) is 10.5 Å². The molecule has 0 atom stereocenters. The number of carbonyl (C=O) groups excluding carboxylic acids is 2. The van der Waals surface area contributed by atoms with Gasteiger partial charge in [-0.3, -0.25) is 9.59 Å². The molecule has 0 spiro atoms. The maximum absolute atomic E-state index is 12.9. The minimum absolute atomic E-state index is 0.0134. The average molecular weight is 443 g/mol. The Morgan fingerprint density at radius 2 is 1.77 bits per heavy atom. The van der Waals surface area contributed by atoms with E-state index in [0.29, 0.717) is 0 Å². The van der Waals surface area contributed by atoms with Crippen LogP contribution < -0.4 is 16.0 Å². The van der Waals surface area contributed by atoms with Crippen molar-refractivity contribution in [2.75, 3.05) is 13.1 Å². The van der Waals surface area contributed by atoms with Crippen LogP contribution in [0.2, 0.25) is 0 Å². The molecule has 2 aromatic carbocycles. The second kappa shape index (κ2) is 8.70. The maximum atomic E-state index is 12.9. The summed E-state index contributed by atoms with van der Waals surface area (Å²) in [6.07, 6.45) is 0. The van der Waals surface area contributed by atoms with Crippen LogP contribution in [0.25, 0.3) is 10.9 Å². The second-order valence-electron chi connectivity index (χ2n) is 6.63. The molecule has 0 bridgehead atoms. The Hall–Kier alpha value is -3.50. The Kier molecular flexibility index (Phi) is 6.23. The van der Waals surface area contributed by atoms with Crippen molar-refractivity contribution in [3.8, 4) is 5.75 Å². The SMILES string of the molecule is CCN(CC)S(=O)(=O)c1ccc2[nH]c(=O)cc(C(=O)Oc3cccc(C(N)=O)c3)c2c1. The molecular weight excluding hydrogens is 422 g/mol. The number of hydrogen-bond donors (Lipinski definition) is 2. The van der Waals surface area contributed by atoms with Gasteiger partial charge in [0.2, 0.25) is 21.5 Å². The third-order valence-electron chi connectivity index (χ3n) is 4.71. The van der Waals surface area contributed by atoms with E-state index in [9.17, 15) is 22.8 Å². The lowest BCUT2D eigenvalue weighted by Gasteiger charge is -2.18. The topological polar surface area (TPSA) is 140 Å². The molecule has 10 heteroatoms. The van der Waals surface area contributed by atoms with Crippen molar-refractivity contribution in [3.05, 3.63) is 70.0 Å². The van der Waals surface area contributed by atoms with Crippen molar-refractivity contribution in [2.45, 2.75) is 18.7 Å². The Morgan fingerprint density at radius 3 is 2.42 bits per heavy atom. The molecule has 3 rings (SSSR count). The van der Waals surface area contributed by atoms with Crippen LogP contribution in [0, 0.1) is 0 Å². The zero-order chi connectivity index (χ0) is 22.8. The number of H-pyrrole nitrogens is 1. The number of pyridine rings is 1. The van der Waals surface area contributed by atoms with Gasteiger partial charge >= 0.3 is 5.97 Å². The van der Waals surface area contributed by atoms with E-state index in [-0.39, 0.29) is 45.8 Å². The maximum Gasteiger partial charge on any atom is 0.344 e. The predicted molar refractivity (Wildman–Crippen MR) is 115 cm³/mol. The van der Waals surface area contributed by atoms with Gasteiger partial charge in [0.15, 0.2) is 0 Å². The lowest BCUT2D eigenvalue weighted by Crippen LogP contribution is -2.30. The molecule has 0 aliphatic rings. The van der Waals surface area contributed by atoms with Crippen molar-refractivity contribution in [1.82, 2.24) is 9.29 Å². The average Bonchev–Trinajstić information content (AvgIpc) is 2.73. The van der Waals surface area contributed by atoms with Crippen molar-refractivity contribution < 1.29 is 22.7 Å². The van der Waals surface area contributed by atoms with E-state index in [2.05, 4.69) is 4.98 Å². The van der Waals surface area contributed by atoms with Crippen LogP contribution in [-0.4, -0.2) is 42.7 Å². The quantitative estimate of drug-likeness (QED) is 0.422. The second-order valence-corrected chi connectivity index (χ2v) is 8.56. The number of nitrogens with one attached hydrogen (secondary N) is 1. The molecule has 162 valence electrons. The third-order valence-corrected chi connectivity index (χ3v) is 6.75. The molecule has 0 saturated heterocycles. The summed E-state index contributed by atoms with van der Waals surface area (Å²) in [4.78, 5) is 38.8. The number of aromatic amines is 1. The summed E-state index contributed by atoms with van der Waals surface area (Å²) in [6, 6.07) is 10.9. The van der Waals surface area contributed by atoms with E-state index in [0.717, 1.165) is 6.07 Å². The number of primary amides is 1. The first-order chi connectivity index (χ1) is 14.7. The fourth-order valence-corrected chi connectivity index (χ4v) is 4.63. The fourth-order valence-electron chi connectivity index (χ4n) is 3.15. The van der Waals surface area contributed by atoms with Gasteiger partial charge in [-0.25, -0.2) is 13.2 Å². The number of sulfonamides is 1. The molecule has 9 nitrogen and oxygen atoms in total. The number of amides is 1. The molecule has 0 unspecified atom stereocenters. The molecule has 0 fully saturated rings. The monoisotopic (exact) mass is 443 g/mol. The predicted octanol–water partition coefficient (Wildman–Crippen LogP) is 1.88. The first-order valence-electron chi connectivity index (χ1n) is 9.46. The van der Waals surface area contributed by atoms with Crippen LogP contribution in [0.15, 0.2) is 58.2 Å². The highest BCUT2D eigenvalue weighted by molar-refractivity contribution is 7.89. The Morgan fingerprint density at radius 1 is 1.06 bits per heavy atom. The Balaban J connectivity index is 2.09. The summed E-state index contributed by atoms with van der Waals surface area (Å²) in [5.41, 5.74) is 5.00. The molecule has 1 heterocycles. The number of nitrogens with zero attached hydrogens (tertiary/aromatic N) is 1. The number of carbonyl (C=O) groups is 2. The van der Waals surface area contributed by atoms with Gasteiger partial charge in [-0.05, 0) is 36.4 Å². The summed E-state index contributed by atoms with van der Waals surface area (Å²) in [7, 11) is -3.78. The van der Waals surface area contributed by atoms with Gasteiger partial charge in [-0.2, -0.15) is 4.31 Å². The van der Waals surface area contributed by atoms with E-state index in [1.807, 2.05) is 0 Å². The molecule has 1 aromatic heterocycles. The minimum atomic E-state index is -3.78. The highest BCUT2D eigenvalue weighted by atomic mass is 32.2.